The lowest BCUT2D eigenvalue weighted by Gasteiger charge is -2.37. The molecule has 2 amide bonds. The van der Waals surface area contributed by atoms with Crippen molar-refractivity contribution in [3.63, 3.8) is 0 Å². The van der Waals surface area contributed by atoms with E-state index in [1.54, 1.807) is 38.4 Å². The van der Waals surface area contributed by atoms with Crippen LogP contribution in [0.5, 0.6) is 11.5 Å². The van der Waals surface area contributed by atoms with E-state index >= 15 is 0 Å². The highest BCUT2D eigenvalue weighted by atomic mass is 127. The molecule has 0 radical (unpaired) electrons. The van der Waals surface area contributed by atoms with Gasteiger partial charge in [0.1, 0.15) is 11.5 Å². The van der Waals surface area contributed by atoms with E-state index in [4.69, 9.17) is 9.47 Å². The summed E-state index contributed by atoms with van der Waals surface area (Å²) < 4.78 is 11.7. The molecule has 0 saturated carbocycles. The molecule has 1 aromatic carbocycles. The Bertz CT molecular complexity index is 619. The number of likely N-dealkylation sites (N-methyl/N-ethyl adjacent to an activating group) is 1. The molecule has 0 unspecified atom stereocenters. The first-order chi connectivity index (χ1) is 12.4. The van der Waals surface area contributed by atoms with Crippen molar-refractivity contribution >= 4 is 12.0 Å². The Morgan fingerprint density at radius 2 is 1.81 bits per heavy atom. The molecule has 1 saturated heterocycles. The number of carbonyl (C=O) groups excluding carboxylic acids is 2. The molecule has 1 heterocycles. The van der Waals surface area contributed by atoms with Gasteiger partial charge in [0.05, 0.1) is 33.2 Å². The molecule has 0 spiro atoms. The lowest BCUT2D eigenvalue weighted by molar-refractivity contribution is -0.912. The number of benzene rings is 1. The second-order valence-electron chi connectivity index (χ2n) is 7.23. The van der Waals surface area contributed by atoms with Crippen LogP contribution in [0.1, 0.15) is 19.3 Å². The predicted octanol–water partition coefficient (Wildman–Crippen LogP) is -1.12. The van der Waals surface area contributed by atoms with Crippen LogP contribution in [-0.4, -0.2) is 75.3 Å². The van der Waals surface area contributed by atoms with Gasteiger partial charge in [0.2, 0.25) is 0 Å². The Morgan fingerprint density at radius 1 is 1.15 bits per heavy atom. The van der Waals surface area contributed by atoms with Crippen LogP contribution in [0, 0.1) is 0 Å². The molecule has 1 aromatic rings. The summed E-state index contributed by atoms with van der Waals surface area (Å²) in [7, 11) is 5.47. The molecule has 8 heteroatoms. The number of hydrogen-bond donors (Lipinski definition) is 1. The normalized spacial score (nSPS) is 15.2. The minimum absolute atomic E-state index is 0. The van der Waals surface area contributed by atoms with Gasteiger partial charge in [-0.25, -0.2) is 4.79 Å². The molecule has 1 fully saturated rings. The van der Waals surface area contributed by atoms with Gasteiger partial charge in [-0.1, -0.05) is 6.07 Å². The van der Waals surface area contributed by atoms with Gasteiger partial charge in [-0.15, -0.1) is 0 Å². The second-order valence-corrected chi connectivity index (χ2v) is 7.23. The monoisotopic (exact) mass is 491 g/mol. The highest BCUT2D eigenvalue weighted by Gasteiger charge is 2.24. The topological polar surface area (TPSA) is 67.9 Å². The summed E-state index contributed by atoms with van der Waals surface area (Å²) in [6, 6.07) is 6.69. The van der Waals surface area contributed by atoms with Crippen LogP contribution in [0.4, 0.5) is 4.79 Å². The van der Waals surface area contributed by atoms with Crippen LogP contribution in [0.25, 0.3) is 0 Å². The van der Waals surface area contributed by atoms with Gasteiger partial charge in [-0.3, -0.25) is 4.79 Å². The zero-order chi connectivity index (χ0) is 19.0. The van der Waals surface area contributed by atoms with Crippen molar-refractivity contribution in [2.24, 2.45) is 0 Å². The molecule has 1 aliphatic heterocycles. The Balaban J connectivity index is 0.00000364. The molecule has 1 N–H and O–H groups in total. The molecule has 0 bridgehead atoms. The Labute approximate surface area is 178 Å². The molecule has 1 aliphatic rings. The van der Waals surface area contributed by atoms with Crippen molar-refractivity contribution in [1.82, 2.24) is 10.2 Å². The molecule has 0 aromatic heterocycles. The Hall–Kier alpha value is -1.55. The molecule has 7 nitrogen and oxygen atoms in total. The first-order valence-corrected chi connectivity index (χ1v) is 9.10. The Kier molecular flexibility index (Phi) is 9.86. The van der Waals surface area contributed by atoms with Gasteiger partial charge in [0.25, 0.3) is 5.91 Å². The van der Waals surface area contributed by atoms with Crippen molar-refractivity contribution in [1.29, 1.82) is 0 Å². The van der Waals surface area contributed by atoms with Gasteiger partial charge >= 0.3 is 6.09 Å². The molecule has 27 heavy (non-hydrogen) atoms. The van der Waals surface area contributed by atoms with E-state index in [-0.39, 0.29) is 36.5 Å². The molecule has 2 rings (SSSR count). The summed E-state index contributed by atoms with van der Waals surface area (Å²) >= 11 is 0. The number of halogens is 1. The number of hydrogen-bond acceptors (Lipinski definition) is 4. The summed E-state index contributed by atoms with van der Waals surface area (Å²) in [4.78, 5) is 24.9. The zero-order valence-corrected chi connectivity index (χ0v) is 18.5. The van der Waals surface area contributed by atoms with E-state index in [0.29, 0.717) is 18.0 Å². The largest absolute Gasteiger partial charge is 1.00 e. The highest BCUT2D eigenvalue weighted by molar-refractivity contribution is 5.77. The second kappa shape index (κ2) is 11.3. The molecular formula is C19H30IN3O4. The first-order valence-electron chi connectivity index (χ1n) is 9.10. The van der Waals surface area contributed by atoms with E-state index < -0.39 is 6.09 Å². The number of quaternary nitrogens is 1. The fourth-order valence-electron chi connectivity index (χ4n) is 2.98. The predicted molar refractivity (Wildman–Crippen MR) is 99.3 cm³/mol. The van der Waals surface area contributed by atoms with Crippen molar-refractivity contribution in [2.45, 2.75) is 19.3 Å². The van der Waals surface area contributed by atoms with Gasteiger partial charge in [0.15, 0.2) is 6.61 Å². The lowest BCUT2D eigenvalue weighted by atomic mass is 10.1. The summed E-state index contributed by atoms with van der Waals surface area (Å²) in [6.45, 7) is 3.91. The van der Waals surface area contributed by atoms with Crippen LogP contribution in [0.2, 0.25) is 0 Å². The molecule has 152 valence electrons. The van der Waals surface area contributed by atoms with Crippen LogP contribution in [0.15, 0.2) is 24.3 Å². The summed E-state index contributed by atoms with van der Waals surface area (Å²) in [6.07, 6.45) is 3.39. The number of nitrogens with zero attached hydrogens (tertiary/aromatic N) is 2. The fraction of sp³-hybridized carbons (Fsp3) is 0.579. The van der Waals surface area contributed by atoms with E-state index in [9.17, 15) is 9.59 Å². The fourth-order valence-corrected chi connectivity index (χ4v) is 2.98. The van der Waals surface area contributed by atoms with Crippen LogP contribution in [-0.2, 0) is 4.79 Å². The van der Waals surface area contributed by atoms with E-state index in [0.717, 1.165) is 11.0 Å². The van der Waals surface area contributed by atoms with Crippen molar-refractivity contribution < 1.29 is 47.5 Å². The minimum Gasteiger partial charge on any atom is -1.00 e. The van der Waals surface area contributed by atoms with Crippen molar-refractivity contribution in [3.8, 4) is 11.5 Å². The summed E-state index contributed by atoms with van der Waals surface area (Å²) in [5.41, 5.74) is 0. The lowest BCUT2D eigenvalue weighted by Crippen LogP contribution is -3.00. The number of piperidine rings is 1. The van der Waals surface area contributed by atoms with Gasteiger partial charge < -0.3 is 48.2 Å². The number of amides is 2. The first kappa shape index (κ1) is 23.5. The third-order valence-corrected chi connectivity index (χ3v) is 4.62. The maximum absolute atomic E-state index is 12.0. The third-order valence-electron chi connectivity index (χ3n) is 4.62. The quantitative estimate of drug-likeness (QED) is 0.388. The van der Waals surface area contributed by atoms with Gasteiger partial charge in [0, 0.05) is 20.2 Å². The van der Waals surface area contributed by atoms with Crippen LogP contribution < -0.4 is 38.8 Å². The van der Waals surface area contributed by atoms with Crippen molar-refractivity contribution in [3.05, 3.63) is 24.3 Å². The van der Waals surface area contributed by atoms with Gasteiger partial charge in [-0.2, -0.15) is 0 Å². The maximum atomic E-state index is 12.0. The Morgan fingerprint density at radius 3 is 2.48 bits per heavy atom. The number of carbonyl (C=O) groups is 2. The maximum Gasteiger partial charge on any atom is 0.414 e. The number of nitrogens with one attached hydrogen (secondary N) is 1. The average Bonchev–Trinajstić information content (AvgIpc) is 2.60. The smallest absolute Gasteiger partial charge is 0.414 e. The molecular weight excluding hydrogens is 461 g/mol. The zero-order valence-electron chi connectivity index (χ0n) is 16.4. The van der Waals surface area contributed by atoms with E-state index in [2.05, 4.69) is 12.4 Å². The van der Waals surface area contributed by atoms with E-state index in [1.807, 2.05) is 0 Å². The van der Waals surface area contributed by atoms with Crippen LogP contribution in [0.3, 0.4) is 0 Å². The van der Waals surface area contributed by atoms with Crippen molar-refractivity contribution in [2.75, 3.05) is 53.9 Å². The minimum atomic E-state index is -0.464. The van der Waals surface area contributed by atoms with E-state index in [1.165, 1.54) is 37.3 Å². The summed E-state index contributed by atoms with van der Waals surface area (Å²) in [5, 5.41) is 2.92. The van der Waals surface area contributed by atoms with Gasteiger partial charge in [-0.05, 0) is 31.4 Å². The SMILES string of the molecule is CN(C)C(=O)Oc1cccc(OCC(=O)NCC[N+]2(C)CCCCC2)c1.[I-]. The number of likely N-dealkylation sites (tertiary alicyclic amines) is 1. The van der Waals surface area contributed by atoms with Crippen LogP contribution >= 0.6 is 0 Å². The molecule has 0 aliphatic carbocycles. The third kappa shape index (κ3) is 8.34. The highest BCUT2D eigenvalue weighted by Crippen LogP contribution is 2.20. The number of ether oxygens (including phenoxy) is 2. The summed E-state index contributed by atoms with van der Waals surface area (Å²) in [5.74, 6) is 0.715. The number of rotatable bonds is 7. The molecule has 0 atom stereocenters. The standard InChI is InChI=1S/C19H29N3O4.HI/c1-21(2)19(24)26-17-9-7-8-16(14-17)25-15-18(23)20-10-13-22(3)11-5-4-6-12-22;/h7-9,14H,4-6,10-13,15H2,1-3H3;1H. The average molecular weight is 491 g/mol.